The molecule has 1 aromatic rings. The Balaban J connectivity index is 2.18. The number of aliphatic hydroxyl groups is 1. The van der Waals surface area contributed by atoms with E-state index in [9.17, 15) is 9.90 Å². The Hall–Kier alpha value is -1.39. The smallest absolute Gasteiger partial charge is 0.251 e. The molecule has 1 amide bonds. The zero-order valence-corrected chi connectivity index (χ0v) is 12.7. The molecule has 2 rings (SSSR count). The summed E-state index contributed by atoms with van der Waals surface area (Å²) < 4.78 is 0. The largest absolute Gasteiger partial charge is 0.388 e. The van der Waals surface area contributed by atoms with E-state index in [4.69, 9.17) is 0 Å². The van der Waals surface area contributed by atoms with Crippen LogP contribution in [0.1, 0.15) is 49.2 Å². The van der Waals surface area contributed by atoms with Crippen LogP contribution in [0.4, 0.5) is 0 Å². The molecule has 20 heavy (non-hydrogen) atoms. The lowest BCUT2D eigenvalue weighted by molar-refractivity contribution is -0.00293. The summed E-state index contributed by atoms with van der Waals surface area (Å²) >= 11 is 0. The van der Waals surface area contributed by atoms with Crippen molar-refractivity contribution >= 4 is 5.91 Å². The summed E-state index contributed by atoms with van der Waals surface area (Å²) in [5, 5.41) is 16.3. The Bertz CT molecular complexity index is 516. The van der Waals surface area contributed by atoms with Gasteiger partial charge < -0.3 is 15.7 Å². The maximum absolute atomic E-state index is 12.4. The maximum atomic E-state index is 12.4. The second-order valence-corrected chi connectivity index (χ2v) is 6.55. The molecule has 4 heteroatoms. The first-order chi connectivity index (χ1) is 9.21. The summed E-state index contributed by atoms with van der Waals surface area (Å²) in [4.78, 5) is 12.4. The van der Waals surface area contributed by atoms with E-state index in [1.165, 1.54) is 11.1 Å². The van der Waals surface area contributed by atoms with Crippen molar-refractivity contribution in [3.63, 3.8) is 0 Å². The average Bonchev–Trinajstić information content (AvgIpc) is 2.36. The van der Waals surface area contributed by atoms with E-state index in [1.54, 1.807) is 13.8 Å². The Morgan fingerprint density at radius 3 is 2.60 bits per heavy atom. The number of rotatable bonds is 3. The highest BCUT2D eigenvalue weighted by Gasteiger charge is 2.36. The summed E-state index contributed by atoms with van der Waals surface area (Å²) in [6.45, 7) is 8.85. The van der Waals surface area contributed by atoms with Crippen molar-refractivity contribution in [1.82, 2.24) is 10.6 Å². The van der Waals surface area contributed by atoms with Crippen molar-refractivity contribution in [1.29, 1.82) is 0 Å². The third kappa shape index (κ3) is 3.02. The highest BCUT2D eigenvalue weighted by atomic mass is 16.3. The van der Waals surface area contributed by atoms with Gasteiger partial charge in [0.15, 0.2) is 0 Å². The predicted molar refractivity (Wildman–Crippen MR) is 79.7 cm³/mol. The van der Waals surface area contributed by atoms with Crippen molar-refractivity contribution in [2.45, 2.75) is 51.8 Å². The van der Waals surface area contributed by atoms with Crippen molar-refractivity contribution in [3.8, 4) is 0 Å². The highest BCUT2D eigenvalue weighted by molar-refractivity contribution is 5.95. The van der Waals surface area contributed by atoms with Crippen LogP contribution in [0.15, 0.2) is 18.2 Å². The van der Waals surface area contributed by atoms with E-state index in [0.29, 0.717) is 5.56 Å². The number of carbonyl (C=O) groups is 1. The van der Waals surface area contributed by atoms with Gasteiger partial charge in [-0.2, -0.15) is 0 Å². The van der Waals surface area contributed by atoms with Crippen LogP contribution >= 0.6 is 0 Å². The van der Waals surface area contributed by atoms with Gasteiger partial charge in [-0.3, -0.25) is 4.79 Å². The molecule has 0 aromatic heterocycles. The average molecular weight is 276 g/mol. The molecule has 1 aliphatic heterocycles. The van der Waals surface area contributed by atoms with Gasteiger partial charge >= 0.3 is 0 Å². The van der Waals surface area contributed by atoms with Crippen LogP contribution in [-0.4, -0.2) is 28.7 Å². The molecule has 0 saturated carbocycles. The minimum Gasteiger partial charge on any atom is -0.388 e. The van der Waals surface area contributed by atoms with Crippen molar-refractivity contribution in [2.75, 3.05) is 6.54 Å². The first-order valence-corrected chi connectivity index (χ1v) is 7.08. The molecule has 4 nitrogen and oxygen atoms in total. The van der Waals surface area contributed by atoms with Gasteiger partial charge in [0.05, 0.1) is 11.1 Å². The first kappa shape index (κ1) is 15.0. The number of hydrogen-bond donors (Lipinski definition) is 3. The van der Waals surface area contributed by atoms with Crippen LogP contribution in [-0.2, 0) is 13.0 Å². The standard InChI is InChI=1S/C16H24N2O2/c1-15(2,16(3,4)20)18-14(19)12-6-5-11-7-8-17-10-13(11)9-12/h5-6,9,17,20H,7-8,10H2,1-4H3,(H,18,19). The molecule has 0 spiro atoms. The summed E-state index contributed by atoms with van der Waals surface area (Å²) in [6.07, 6.45) is 1.01. The predicted octanol–water partition coefficient (Wildman–Crippen LogP) is 1.61. The molecule has 0 aliphatic carbocycles. The molecule has 1 aromatic carbocycles. The van der Waals surface area contributed by atoms with E-state index in [2.05, 4.69) is 10.6 Å². The van der Waals surface area contributed by atoms with Crippen LogP contribution in [0.5, 0.6) is 0 Å². The Labute approximate surface area is 120 Å². The van der Waals surface area contributed by atoms with Gasteiger partial charge in [-0.1, -0.05) is 6.07 Å². The molecule has 0 atom stereocenters. The van der Waals surface area contributed by atoms with Gasteiger partial charge in [0.2, 0.25) is 0 Å². The summed E-state index contributed by atoms with van der Waals surface area (Å²) in [5.74, 6) is -0.148. The fourth-order valence-electron chi connectivity index (χ4n) is 2.13. The van der Waals surface area contributed by atoms with Gasteiger partial charge in [0, 0.05) is 12.1 Å². The van der Waals surface area contributed by atoms with Crippen LogP contribution in [0.3, 0.4) is 0 Å². The van der Waals surface area contributed by atoms with Gasteiger partial charge in [-0.15, -0.1) is 0 Å². The second-order valence-electron chi connectivity index (χ2n) is 6.55. The number of hydrogen-bond acceptors (Lipinski definition) is 3. The van der Waals surface area contributed by atoms with Gasteiger partial charge in [0.1, 0.15) is 0 Å². The van der Waals surface area contributed by atoms with E-state index >= 15 is 0 Å². The monoisotopic (exact) mass is 276 g/mol. The van der Waals surface area contributed by atoms with Crippen molar-refractivity contribution in [3.05, 3.63) is 34.9 Å². The molecule has 0 bridgehead atoms. The number of fused-ring (bicyclic) bond motifs is 1. The first-order valence-electron chi connectivity index (χ1n) is 7.08. The molecule has 1 aliphatic rings. The molecule has 0 radical (unpaired) electrons. The second kappa shape index (κ2) is 5.19. The lowest BCUT2D eigenvalue weighted by atomic mass is 9.85. The quantitative estimate of drug-likeness (QED) is 0.786. The van der Waals surface area contributed by atoms with Gasteiger partial charge in [0.25, 0.3) is 5.91 Å². The van der Waals surface area contributed by atoms with Crippen LogP contribution in [0.2, 0.25) is 0 Å². The van der Waals surface area contributed by atoms with E-state index in [-0.39, 0.29) is 5.91 Å². The number of carbonyl (C=O) groups excluding carboxylic acids is 1. The summed E-state index contributed by atoms with van der Waals surface area (Å²) in [5.41, 5.74) is 1.45. The van der Waals surface area contributed by atoms with Gasteiger partial charge in [-0.05, 0) is 63.9 Å². The van der Waals surface area contributed by atoms with Crippen LogP contribution in [0, 0.1) is 0 Å². The minimum atomic E-state index is -0.988. The molecule has 110 valence electrons. The molecule has 1 heterocycles. The molecular weight excluding hydrogens is 252 g/mol. The zero-order chi connectivity index (χ0) is 15.0. The third-order valence-electron chi connectivity index (χ3n) is 4.31. The Morgan fingerprint density at radius 2 is 1.95 bits per heavy atom. The fourth-order valence-corrected chi connectivity index (χ4v) is 2.13. The number of nitrogens with one attached hydrogen (secondary N) is 2. The third-order valence-corrected chi connectivity index (χ3v) is 4.31. The molecule has 0 fully saturated rings. The molecule has 0 unspecified atom stereocenters. The molecular formula is C16H24N2O2. The topological polar surface area (TPSA) is 61.4 Å². The van der Waals surface area contributed by atoms with Crippen molar-refractivity contribution < 1.29 is 9.90 Å². The SMILES string of the molecule is CC(C)(O)C(C)(C)NC(=O)c1ccc2c(c1)CNCC2. The zero-order valence-electron chi connectivity index (χ0n) is 12.7. The highest BCUT2D eigenvalue weighted by Crippen LogP contribution is 2.22. The number of amides is 1. The molecule has 3 N–H and O–H groups in total. The van der Waals surface area contributed by atoms with Crippen molar-refractivity contribution in [2.24, 2.45) is 0 Å². The fraction of sp³-hybridized carbons (Fsp3) is 0.562. The van der Waals surface area contributed by atoms with E-state index in [1.807, 2.05) is 32.0 Å². The van der Waals surface area contributed by atoms with E-state index < -0.39 is 11.1 Å². The van der Waals surface area contributed by atoms with Crippen LogP contribution in [0.25, 0.3) is 0 Å². The lowest BCUT2D eigenvalue weighted by Crippen LogP contribution is -2.57. The lowest BCUT2D eigenvalue weighted by Gasteiger charge is -2.38. The van der Waals surface area contributed by atoms with Crippen LogP contribution < -0.4 is 10.6 Å². The Kier molecular flexibility index (Phi) is 3.89. The summed E-state index contributed by atoms with van der Waals surface area (Å²) in [6, 6.07) is 5.83. The van der Waals surface area contributed by atoms with Gasteiger partial charge in [-0.25, -0.2) is 0 Å². The number of benzene rings is 1. The van der Waals surface area contributed by atoms with E-state index in [0.717, 1.165) is 19.5 Å². The maximum Gasteiger partial charge on any atom is 0.251 e. The summed E-state index contributed by atoms with van der Waals surface area (Å²) in [7, 11) is 0. The minimum absolute atomic E-state index is 0.148. The molecule has 0 saturated heterocycles. The Morgan fingerprint density at radius 1 is 1.25 bits per heavy atom. The normalized spacial score (nSPS) is 15.7.